The van der Waals surface area contributed by atoms with E-state index in [4.69, 9.17) is 5.11 Å². The molecule has 0 saturated heterocycles. The maximum Gasteiger partial charge on any atom is 0.332 e. The number of aliphatic hydroxyl groups excluding tert-OH is 1. The van der Waals surface area contributed by atoms with Gasteiger partial charge in [0.1, 0.15) is 5.82 Å². The highest BCUT2D eigenvalue weighted by Gasteiger charge is 2.13. The van der Waals surface area contributed by atoms with Crippen LogP contribution in [0.15, 0.2) is 49.3 Å². The maximum atomic E-state index is 12.3. The highest BCUT2D eigenvalue weighted by Crippen LogP contribution is 2.16. The zero-order valence-corrected chi connectivity index (χ0v) is 16.5. The van der Waals surface area contributed by atoms with Crippen molar-refractivity contribution >= 4 is 11.5 Å². The van der Waals surface area contributed by atoms with Gasteiger partial charge in [-0.3, -0.25) is 13.9 Å². The molecule has 0 saturated carbocycles. The molecule has 1 N–H and O–H groups in total. The molecule has 0 atom stereocenters. The molecule has 0 aliphatic heterocycles. The van der Waals surface area contributed by atoms with E-state index in [1.54, 1.807) is 14.0 Å². The van der Waals surface area contributed by atoms with Crippen molar-refractivity contribution in [1.29, 1.82) is 0 Å². The van der Waals surface area contributed by atoms with Crippen LogP contribution in [0.5, 0.6) is 0 Å². The van der Waals surface area contributed by atoms with Gasteiger partial charge in [0, 0.05) is 18.3 Å². The van der Waals surface area contributed by atoms with Gasteiger partial charge in [-0.1, -0.05) is 11.5 Å². The number of unbranched alkanes of at least 4 members (excludes halogenated alkanes) is 1. The van der Waals surface area contributed by atoms with Crippen LogP contribution >= 0.6 is 0 Å². The zero-order valence-electron chi connectivity index (χ0n) is 16.5. The Morgan fingerprint density at radius 2 is 2.00 bits per heavy atom. The third-order valence-electron chi connectivity index (χ3n) is 4.53. The average Bonchev–Trinajstić information content (AvgIpc) is 2.64. The van der Waals surface area contributed by atoms with Crippen molar-refractivity contribution in [2.75, 3.05) is 6.61 Å². The summed E-state index contributed by atoms with van der Waals surface area (Å²) >= 11 is 0. The number of rotatable bonds is 8. The quantitative estimate of drug-likeness (QED) is 0.435. The molecule has 6 nitrogen and oxygen atoms in total. The molecule has 144 valence electrons. The van der Waals surface area contributed by atoms with Crippen LogP contribution in [0.4, 0.5) is 5.82 Å². The number of aromatic nitrogens is 2. The van der Waals surface area contributed by atoms with Crippen LogP contribution in [-0.4, -0.2) is 26.6 Å². The Hall–Kier alpha value is -2.65. The van der Waals surface area contributed by atoms with Crippen molar-refractivity contribution in [3.05, 3.63) is 61.2 Å². The van der Waals surface area contributed by atoms with Gasteiger partial charge in [-0.2, -0.15) is 0 Å². The summed E-state index contributed by atoms with van der Waals surface area (Å²) in [5, 5.41) is 9.04. The first-order valence-corrected chi connectivity index (χ1v) is 9.19. The van der Waals surface area contributed by atoms with E-state index in [9.17, 15) is 9.59 Å². The number of hydrogen-bond donors (Lipinski definition) is 1. The lowest BCUT2D eigenvalue weighted by atomic mass is 10.0. The SMILES string of the molecule is CC1=CC(CCCC/C(C)=N/c2c(C)c(=O)n(CCO)c(=O)n2C)=C=C=C1. The molecule has 0 bridgehead atoms. The average molecular weight is 369 g/mol. The summed E-state index contributed by atoms with van der Waals surface area (Å²) in [4.78, 5) is 29.2. The normalized spacial score (nSPS) is 13.7. The van der Waals surface area contributed by atoms with Crippen molar-refractivity contribution in [1.82, 2.24) is 9.13 Å². The highest BCUT2D eigenvalue weighted by molar-refractivity contribution is 5.84. The van der Waals surface area contributed by atoms with E-state index in [2.05, 4.69) is 22.5 Å². The second-order valence-electron chi connectivity index (χ2n) is 6.85. The molecule has 27 heavy (non-hydrogen) atoms. The molecular formula is C21H27N3O3. The molecule has 1 heterocycles. The molecule has 0 spiro atoms. The lowest BCUT2D eigenvalue weighted by molar-refractivity contribution is 0.270. The number of aliphatic hydroxyl groups is 1. The summed E-state index contributed by atoms with van der Waals surface area (Å²) in [6, 6.07) is 0. The van der Waals surface area contributed by atoms with Crippen molar-refractivity contribution < 1.29 is 5.11 Å². The highest BCUT2D eigenvalue weighted by atomic mass is 16.3. The molecule has 0 aromatic carbocycles. The summed E-state index contributed by atoms with van der Waals surface area (Å²) in [5.41, 5.74) is 8.94. The van der Waals surface area contributed by atoms with Gasteiger partial charge >= 0.3 is 5.69 Å². The molecule has 2 rings (SSSR count). The predicted octanol–water partition coefficient (Wildman–Crippen LogP) is 2.70. The molecule has 1 aromatic rings. The maximum absolute atomic E-state index is 12.3. The van der Waals surface area contributed by atoms with E-state index in [1.165, 1.54) is 10.1 Å². The van der Waals surface area contributed by atoms with E-state index < -0.39 is 11.2 Å². The number of allylic oxidation sites excluding steroid dienone is 4. The second kappa shape index (κ2) is 9.33. The molecule has 0 fully saturated rings. The third-order valence-corrected chi connectivity index (χ3v) is 4.53. The first-order valence-electron chi connectivity index (χ1n) is 9.19. The van der Waals surface area contributed by atoms with Gasteiger partial charge in [0.25, 0.3) is 5.56 Å². The smallest absolute Gasteiger partial charge is 0.332 e. The minimum absolute atomic E-state index is 0.0112. The van der Waals surface area contributed by atoms with Crippen molar-refractivity contribution in [3.63, 3.8) is 0 Å². The minimum Gasteiger partial charge on any atom is -0.395 e. The topological polar surface area (TPSA) is 76.6 Å². The Morgan fingerprint density at radius 3 is 2.67 bits per heavy atom. The molecule has 1 aromatic heterocycles. The fourth-order valence-electron chi connectivity index (χ4n) is 3.03. The fraction of sp³-hybridized carbons (Fsp3) is 0.476. The molecule has 1 aliphatic rings. The summed E-state index contributed by atoms with van der Waals surface area (Å²) in [6.45, 7) is 5.35. The van der Waals surface area contributed by atoms with Crippen LogP contribution in [0.2, 0.25) is 0 Å². The fourth-order valence-corrected chi connectivity index (χ4v) is 3.03. The van der Waals surface area contributed by atoms with Crippen LogP contribution < -0.4 is 11.2 Å². The van der Waals surface area contributed by atoms with Gasteiger partial charge < -0.3 is 5.11 Å². The second-order valence-corrected chi connectivity index (χ2v) is 6.85. The number of nitrogens with zero attached hydrogens (tertiary/aromatic N) is 3. The van der Waals surface area contributed by atoms with Gasteiger partial charge in [-0.25, -0.2) is 9.79 Å². The summed E-state index contributed by atoms with van der Waals surface area (Å²) in [5.74, 6) is 0.387. The van der Waals surface area contributed by atoms with E-state index in [1.807, 2.05) is 19.9 Å². The molecule has 0 unspecified atom stereocenters. The first kappa shape index (κ1) is 20.7. The Labute approximate surface area is 159 Å². The largest absolute Gasteiger partial charge is 0.395 e. The zero-order chi connectivity index (χ0) is 20.0. The van der Waals surface area contributed by atoms with E-state index in [0.717, 1.165) is 41.5 Å². The van der Waals surface area contributed by atoms with E-state index >= 15 is 0 Å². The Morgan fingerprint density at radius 1 is 1.26 bits per heavy atom. The van der Waals surface area contributed by atoms with Crippen molar-refractivity contribution in [3.8, 4) is 0 Å². The van der Waals surface area contributed by atoms with E-state index in [0.29, 0.717) is 11.4 Å². The van der Waals surface area contributed by atoms with Crippen LogP contribution in [0.1, 0.15) is 45.1 Å². The van der Waals surface area contributed by atoms with Gasteiger partial charge in [-0.15, -0.1) is 0 Å². The van der Waals surface area contributed by atoms with Crippen LogP contribution in [0, 0.1) is 6.92 Å². The predicted molar refractivity (Wildman–Crippen MR) is 108 cm³/mol. The summed E-state index contributed by atoms with van der Waals surface area (Å²) in [6.07, 6.45) is 7.75. The third kappa shape index (κ3) is 5.18. The Balaban J connectivity index is 2.08. The van der Waals surface area contributed by atoms with Crippen molar-refractivity contribution in [2.24, 2.45) is 12.0 Å². The molecular weight excluding hydrogens is 342 g/mol. The number of hydrogen-bond acceptors (Lipinski definition) is 4. The lowest BCUT2D eigenvalue weighted by Crippen LogP contribution is -2.40. The molecule has 6 heteroatoms. The number of aliphatic imine (C=N–C) groups is 1. The van der Waals surface area contributed by atoms with Crippen molar-refractivity contribution in [2.45, 2.75) is 53.0 Å². The Kier molecular flexibility index (Phi) is 7.14. The molecule has 0 amide bonds. The van der Waals surface area contributed by atoms with Crippen LogP contribution in [0.25, 0.3) is 0 Å². The van der Waals surface area contributed by atoms with Gasteiger partial charge in [0.05, 0.1) is 18.7 Å². The monoisotopic (exact) mass is 369 g/mol. The van der Waals surface area contributed by atoms with Gasteiger partial charge in [0.2, 0.25) is 0 Å². The van der Waals surface area contributed by atoms with Gasteiger partial charge in [0.15, 0.2) is 0 Å². The summed E-state index contributed by atoms with van der Waals surface area (Å²) < 4.78 is 2.41. The first-order chi connectivity index (χ1) is 12.8. The summed E-state index contributed by atoms with van der Waals surface area (Å²) in [7, 11) is 1.60. The molecule has 0 radical (unpaired) electrons. The van der Waals surface area contributed by atoms with Crippen LogP contribution in [-0.2, 0) is 13.6 Å². The standard InChI is InChI=1S/C21H27N3O3/c1-15-8-7-11-18(14-15)10-6-5-9-16(2)22-19-17(3)20(26)24(12-13-25)21(27)23(19)4/h8,14,25H,5-6,9-10,12-13H2,1-4H3/b22-16+. The lowest BCUT2D eigenvalue weighted by Gasteiger charge is -2.12. The van der Waals surface area contributed by atoms with E-state index in [-0.39, 0.29) is 13.2 Å². The Bertz CT molecular complexity index is 955. The minimum atomic E-state index is -0.461. The molecule has 1 aliphatic carbocycles. The van der Waals surface area contributed by atoms with Crippen LogP contribution in [0.3, 0.4) is 0 Å². The van der Waals surface area contributed by atoms with Gasteiger partial charge in [-0.05, 0) is 64.2 Å².